The van der Waals surface area contributed by atoms with Gasteiger partial charge in [-0.3, -0.25) is 9.69 Å². The summed E-state index contributed by atoms with van der Waals surface area (Å²) in [5.41, 5.74) is 0. The fourth-order valence-electron chi connectivity index (χ4n) is 2.47. The Labute approximate surface area is 134 Å². The molecule has 0 aromatic carbocycles. The van der Waals surface area contributed by atoms with Gasteiger partial charge < -0.3 is 10.6 Å². The number of aromatic nitrogens is 1. The number of halogens is 1. The van der Waals surface area contributed by atoms with Gasteiger partial charge in [0.25, 0.3) is 0 Å². The number of nitrogens with one attached hydrogen (secondary N) is 2. The molecule has 0 radical (unpaired) electrons. The van der Waals surface area contributed by atoms with Crippen LogP contribution in [0.5, 0.6) is 0 Å². The second-order valence-electron chi connectivity index (χ2n) is 5.73. The van der Waals surface area contributed by atoms with Crippen LogP contribution in [-0.2, 0) is 4.79 Å². The highest BCUT2D eigenvalue weighted by Crippen LogP contribution is 2.12. The summed E-state index contributed by atoms with van der Waals surface area (Å²) in [6.45, 7) is 6.65. The standard InChI is InChI=1S/C15H23BrN4O/c1-11(2)20(9-13-4-3-7-17-13)10-15(21)19-14-6-5-12(16)8-18-14/h5-6,8,11,13,17H,3-4,7,9-10H2,1-2H3,(H,18,19,21). The quantitative estimate of drug-likeness (QED) is 0.822. The molecule has 0 saturated carbocycles. The van der Waals surface area contributed by atoms with Crippen molar-refractivity contribution in [2.45, 2.75) is 38.8 Å². The third kappa shape index (κ3) is 5.37. The zero-order chi connectivity index (χ0) is 15.2. The number of rotatable bonds is 6. The maximum absolute atomic E-state index is 12.2. The molecule has 6 heteroatoms. The van der Waals surface area contributed by atoms with E-state index < -0.39 is 0 Å². The Bertz CT molecular complexity index is 457. The fourth-order valence-corrected chi connectivity index (χ4v) is 2.70. The molecule has 1 aliphatic rings. The van der Waals surface area contributed by atoms with Crippen LogP contribution >= 0.6 is 15.9 Å². The van der Waals surface area contributed by atoms with E-state index in [9.17, 15) is 4.79 Å². The lowest BCUT2D eigenvalue weighted by molar-refractivity contribution is -0.117. The summed E-state index contributed by atoms with van der Waals surface area (Å²) in [5.74, 6) is 0.572. The van der Waals surface area contributed by atoms with Crippen LogP contribution in [0.25, 0.3) is 0 Å². The van der Waals surface area contributed by atoms with E-state index in [0.29, 0.717) is 24.4 Å². The van der Waals surface area contributed by atoms with Crippen molar-refractivity contribution in [2.75, 3.05) is 25.0 Å². The number of anilines is 1. The number of carbonyl (C=O) groups is 1. The molecule has 2 rings (SSSR count). The van der Waals surface area contributed by atoms with Crippen LogP contribution in [0.15, 0.2) is 22.8 Å². The summed E-state index contributed by atoms with van der Waals surface area (Å²) in [4.78, 5) is 18.5. The van der Waals surface area contributed by atoms with Crippen molar-refractivity contribution in [1.29, 1.82) is 0 Å². The highest BCUT2D eigenvalue weighted by atomic mass is 79.9. The first-order valence-electron chi connectivity index (χ1n) is 7.43. The molecule has 1 aromatic heterocycles. The number of hydrogen-bond donors (Lipinski definition) is 2. The Kier molecular flexibility index (Phi) is 6.14. The second kappa shape index (κ2) is 7.87. The van der Waals surface area contributed by atoms with Gasteiger partial charge in [0.1, 0.15) is 5.82 Å². The topological polar surface area (TPSA) is 57.3 Å². The summed E-state index contributed by atoms with van der Waals surface area (Å²) in [5, 5.41) is 6.33. The van der Waals surface area contributed by atoms with Crippen LogP contribution in [0.2, 0.25) is 0 Å². The number of amides is 1. The lowest BCUT2D eigenvalue weighted by atomic mass is 10.2. The first-order valence-corrected chi connectivity index (χ1v) is 8.22. The van der Waals surface area contributed by atoms with E-state index in [1.165, 1.54) is 12.8 Å². The van der Waals surface area contributed by atoms with Crippen molar-refractivity contribution in [3.05, 3.63) is 22.8 Å². The van der Waals surface area contributed by atoms with Gasteiger partial charge in [-0.05, 0) is 61.3 Å². The molecule has 116 valence electrons. The third-order valence-electron chi connectivity index (χ3n) is 3.69. The van der Waals surface area contributed by atoms with Gasteiger partial charge in [-0.15, -0.1) is 0 Å². The van der Waals surface area contributed by atoms with Crippen LogP contribution in [0, 0.1) is 0 Å². The third-order valence-corrected chi connectivity index (χ3v) is 4.16. The van der Waals surface area contributed by atoms with E-state index in [-0.39, 0.29) is 5.91 Å². The van der Waals surface area contributed by atoms with E-state index in [4.69, 9.17) is 0 Å². The number of carbonyl (C=O) groups excluding carboxylic acids is 1. The molecule has 1 aromatic rings. The molecule has 2 N–H and O–H groups in total. The maximum atomic E-state index is 12.2. The average molecular weight is 355 g/mol. The van der Waals surface area contributed by atoms with Crippen molar-refractivity contribution in [3.8, 4) is 0 Å². The Morgan fingerprint density at radius 3 is 2.95 bits per heavy atom. The minimum Gasteiger partial charge on any atom is -0.313 e. The molecule has 2 heterocycles. The Morgan fingerprint density at radius 1 is 1.57 bits per heavy atom. The molecular weight excluding hydrogens is 332 g/mol. The first-order chi connectivity index (χ1) is 10.0. The average Bonchev–Trinajstić information content (AvgIpc) is 2.93. The van der Waals surface area contributed by atoms with Crippen molar-refractivity contribution >= 4 is 27.7 Å². The number of hydrogen-bond acceptors (Lipinski definition) is 4. The SMILES string of the molecule is CC(C)N(CC(=O)Nc1ccc(Br)cn1)CC1CCCN1. The van der Waals surface area contributed by atoms with E-state index in [1.54, 1.807) is 12.3 Å². The summed E-state index contributed by atoms with van der Waals surface area (Å²) in [7, 11) is 0. The van der Waals surface area contributed by atoms with Gasteiger partial charge >= 0.3 is 0 Å². The van der Waals surface area contributed by atoms with Crippen molar-refractivity contribution in [2.24, 2.45) is 0 Å². The molecule has 1 atom stereocenters. The zero-order valence-corrected chi connectivity index (χ0v) is 14.2. The van der Waals surface area contributed by atoms with Crippen LogP contribution in [0.1, 0.15) is 26.7 Å². The van der Waals surface area contributed by atoms with Crippen LogP contribution in [0.3, 0.4) is 0 Å². The maximum Gasteiger partial charge on any atom is 0.239 e. The molecule has 5 nitrogen and oxygen atoms in total. The van der Waals surface area contributed by atoms with Crippen molar-refractivity contribution < 1.29 is 4.79 Å². The van der Waals surface area contributed by atoms with Gasteiger partial charge in [-0.25, -0.2) is 4.98 Å². The van der Waals surface area contributed by atoms with E-state index in [2.05, 4.69) is 50.3 Å². The van der Waals surface area contributed by atoms with Crippen LogP contribution in [0.4, 0.5) is 5.82 Å². The minimum absolute atomic E-state index is 0.0171. The van der Waals surface area contributed by atoms with Gasteiger partial charge in [0.2, 0.25) is 5.91 Å². The number of nitrogens with zero attached hydrogens (tertiary/aromatic N) is 2. The van der Waals surface area contributed by atoms with Gasteiger partial charge in [-0.1, -0.05) is 0 Å². The molecular formula is C15H23BrN4O. The fraction of sp³-hybridized carbons (Fsp3) is 0.600. The normalized spacial score (nSPS) is 18.4. The number of pyridine rings is 1. The predicted octanol–water partition coefficient (Wildman–Crippen LogP) is 2.25. The molecule has 21 heavy (non-hydrogen) atoms. The van der Waals surface area contributed by atoms with Gasteiger partial charge in [0, 0.05) is 29.3 Å². The molecule has 1 aliphatic heterocycles. The largest absolute Gasteiger partial charge is 0.313 e. The smallest absolute Gasteiger partial charge is 0.239 e. The Morgan fingerprint density at radius 2 is 2.38 bits per heavy atom. The Hall–Kier alpha value is -0.980. The summed E-state index contributed by atoms with van der Waals surface area (Å²) in [6, 6.07) is 4.51. The lowest BCUT2D eigenvalue weighted by Crippen LogP contribution is -2.44. The van der Waals surface area contributed by atoms with Crippen molar-refractivity contribution in [1.82, 2.24) is 15.2 Å². The molecule has 0 bridgehead atoms. The molecule has 1 amide bonds. The minimum atomic E-state index is -0.0171. The van der Waals surface area contributed by atoms with Crippen LogP contribution in [-0.4, -0.2) is 47.5 Å². The Balaban J connectivity index is 1.86. The molecule has 1 saturated heterocycles. The van der Waals surface area contributed by atoms with Crippen LogP contribution < -0.4 is 10.6 Å². The monoisotopic (exact) mass is 354 g/mol. The van der Waals surface area contributed by atoms with Gasteiger partial charge in [0.15, 0.2) is 0 Å². The summed E-state index contributed by atoms with van der Waals surface area (Å²) in [6.07, 6.45) is 4.10. The highest BCUT2D eigenvalue weighted by molar-refractivity contribution is 9.10. The van der Waals surface area contributed by atoms with Gasteiger partial charge in [0.05, 0.1) is 6.54 Å². The first kappa shape index (κ1) is 16.4. The predicted molar refractivity (Wildman–Crippen MR) is 88.3 cm³/mol. The second-order valence-corrected chi connectivity index (χ2v) is 6.64. The molecule has 1 unspecified atom stereocenters. The van der Waals surface area contributed by atoms with E-state index >= 15 is 0 Å². The van der Waals surface area contributed by atoms with E-state index in [0.717, 1.165) is 17.6 Å². The molecule has 0 aliphatic carbocycles. The summed E-state index contributed by atoms with van der Waals surface area (Å²) >= 11 is 3.33. The lowest BCUT2D eigenvalue weighted by Gasteiger charge is -2.28. The van der Waals surface area contributed by atoms with Crippen molar-refractivity contribution in [3.63, 3.8) is 0 Å². The molecule has 1 fully saturated rings. The van der Waals surface area contributed by atoms with Gasteiger partial charge in [-0.2, -0.15) is 0 Å². The molecule has 0 spiro atoms. The highest BCUT2D eigenvalue weighted by Gasteiger charge is 2.21. The zero-order valence-electron chi connectivity index (χ0n) is 12.6. The van der Waals surface area contributed by atoms with E-state index in [1.807, 2.05) is 6.07 Å². The summed E-state index contributed by atoms with van der Waals surface area (Å²) < 4.78 is 0.900.